The van der Waals surface area contributed by atoms with Crippen LogP contribution < -0.4 is 5.32 Å². The highest BCUT2D eigenvalue weighted by molar-refractivity contribution is 6.35. The predicted molar refractivity (Wildman–Crippen MR) is 93.6 cm³/mol. The number of rotatable bonds is 4. The van der Waals surface area contributed by atoms with Crippen molar-refractivity contribution in [1.82, 2.24) is 0 Å². The minimum absolute atomic E-state index is 0.138. The highest BCUT2D eigenvalue weighted by Gasteiger charge is 2.26. The summed E-state index contributed by atoms with van der Waals surface area (Å²) in [6, 6.07) is 8.31. The molecule has 0 unspecified atom stereocenters. The largest absolute Gasteiger partial charge is 0.505 e. The van der Waals surface area contributed by atoms with Gasteiger partial charge in [-0.2, -0.15) is 0 Å². The van der Waals surface area contributed by atoms with E-state index in [-0.39, 0.29) is 11.1 Å². The SMILES string of the molecule is CC=Cc1cc(C(=O)Nc2ccc(C)cc2)c(O)c(Cl)c1[N+](=O)[O-]. The van der Waals surface area contributed by atoms with E-state index in [1.807, 2.05) is 19.1 Å². The molecule has 0 radical (unpaired) electrons. The molecule has 0 aliphatic heterocycles. The van der Waals surface area contributed by atoms with Gasteiger partial charge in [0.05, 0.1) is 16.1 Å². The lowest BCUT2D eigenvalue weighted by atomic mass is 10.1. The fourth-order valence-corrected chi connectivity index (χ4v) is 2.43. The van der Waals surface area contributed by atoms with Gasteiger partial charge in [0.2, 0.25) is 0 Å². The number of carbonyl (C=O) groups is 1. The Balaban J connectivity index is 2.47. The fraction of sp³-hybridized carbons (Fsp3) is 0.118. The van der Waals surface area contributed by atoms with Gasteiger partial charge in [-0.05, 0) is 32.0 Å². The topological polar surface area (TPSA) is 92.5 Å². The lowest BCUT2D eigenvalue weighted by Gasteiger charge is -2.10. The van der Waals surface area contributed by atoms with E-state index in [1.165, 1.54) is 12.1 Å². The molecule has 0 aromatic heterocycles. The second-order valence-corrected chi connectivity index (χ2v) is 5.48. The molecule has 0 aliphatic rings. The molecule has 0 spiro atoms. The molecule has 0 fully saturated rings. The number of hydrogen-bond acceptors (Lipinski definition) is 4. The lowest BCUT2D eigenvalue weighted by molar-refractivity contribution is -0.385. The number of benzene rings is 2. The number of nitro benzene ring substituents is 1. The number of nitro groups is 1. The maximum atomic E-state index is 12.4. The Bertz CT molecular complexity index is 829. The van der Waals surface area contributed by atoms with Crippen LogP contribution in [0.15, 0.2) is 36.4 Å². The van der Waals surface area contributed by atoms with Gasteiger partial charge in [0.15, 0.2) is 10.8 Å². The first-order valence-corrected chi connectivity index (χ1v) is 7.43. The number of phenolic OH excluding ortho intramolecular Hbond substituents is 1. The summed E-state index contributed by atoms with van der Waals surface area (Å²) >= 11 is 5.90. The van der Waals surface area contributed by atoms with Gasteiger partial charge < -0.3 is 10.4 Å². The summed E-state index contributed by atoms with van der Waals surface area (Å²) in [7, 11) is 0. The first-order valence-electron chi connectivity index (χ1n) is 7.05. The molecule has 0 aliphatic carbocycles. The van der Waals surface area contributed by atoms with Crippen LogP contribution in [-0.2, 0) is 0 Å². The van der Waals surface area contributed by atoms with Crippen molar-refractivity contribution >= 4 is 35.0 Å². The number of aromatic hydroxyl groups is 1. The van der Waals surface area contributed by atoms with Crippen LogP contribution in [-0.4, -0.2) is 15.9 Å². The number of hydrogen-bond donors (Lipinski definition) is 2. The molecule has 6 nitrogen and oxygen atoms in total. The minimum Gasteiger partial charge on any atom is -0.505 e. The summed E-state index contributed by atoms with van der Waals surface area (Å²) in [5.41, 5.74) is 1.12. The van der Waals surface area contributed by atoms with Crippen molar-refractivity contribution < 1.29 is 14.8 Å². The van der Waals surface area contributed by atoms with Gasteiger partial charge in [-0.1, -0.05) is 41.4 Å². The second kappa shape index (κ2) is 7.14. The average molecular weight is 347 g/mol. The van der Waals surface area contributed by atoms with Crippen molar-refractivity contribution in [3.05, 3.63) is 68.2 Å². The van der Waals surface area contributed by atoms with E-state index in [4.69, 9.17) is 11.6 Å². The normalized spacial score (nSPS) is 10.8. The number of aryl methyl sites for hydroxylation is 1. The number of nitrogens with zero attached hydrogens (tertiary/aromatic N) is 1. The monoisotopic (exact) mass is 346 g/mol. The van der Waals surface area contributed by atoms with Gasteiger partial charge in [-0.3, -0.25) is 14.9 Å². The van der Waals surface area contributed by atoms with Crippen molar-refractivity contribution in [1.29, 1.82) is 0 Å². The number of phenols is 1. The van der Waals surface area contributed by atoms with E-state index in [1.54, 1.807) is 25.1 Å². The Hall–Kier alpha value is -2.86. The zero-order chi connectivity index (χ0) is 17.9. The van der Waals surface area contributed by atoms with Crippen LogP contribution in [0.25, 0.3) is 6.08 Å². The molecule has 124 valence electrons. The summed E-state index contributed by atoms with van der Waals surface area (Å²) in [5, 5.41) is 23.4. The quantitative estimate of drug-likeness (QED) is 0.627. The summed E-state index contributed by atoms with van der Waals surface area (Å²) in [4.78, 5) is 22.8. The van der Waals surface area contributed by atoms with E-state index in [9.17, 15) is 20.0 Å². The van der Waals surface area contributed by atoms with E-state index >= 15 is 0 Å². The number of anilines is 1. The molecule has 0 saturated heterocycles. The number of amides is 1. The third-order valence-corrected chi connectivity index (χ3v) is 3.69. The molecule has 0 bridgehead atoms. The minimum atomic E-state index is -0.695. The maximum Gasteiger partial charge on any atom is 0.298 e. The van der Waals surface area contributed by atoms with Crippen LogP contribution in [0.3, 0.4) is 0 Å². The summed E-state index contributed by atoms with van der Waals surface area (Å²) in [6.07, 6.45) is 3.03. The Morgan fingerprint density at radius 1 is 1.33 bits per heavy atom. The molecule has 0 saturated carbocycles. The Kier molecular flexibility index (Phi) is 5.21. The number of carbonyl (C=O) groups excluding carboxylic acids is 1. The van der Waals surface area contributed by atoms with E-state index in [2.05, 4.69) is 5.32 Å². The third kappa shape index (κ3) is 3.55. The number of allylic oxidation sites excluding steroid dienone is 1. The molecular formula is C17H15ClN2O4. The van der Waals surface area contributed by atoms with Gasteiger partial charge in [0.25, 0.3) is 11.6 Å². The standard InChI is InChI=1S/C17H15ClN2O4/c1-3-4-11-9-13(16(21)14(18)15(11)20(23)24)17(22)19-12-7-5-10(2)6-8-12/h3-9,21H,1-2H3,(H,19,22). The van der Waals surface area contributed by atoms with Crippen molar-refractivity contribution in [2.24, 2.45) is 0 Å². The Morgan fingerprint density at radius 3 is 2.50 bits per heavy atom. The third-order valence-electron chi connectivity index (χ3n) is 3.33. The van der Waals surface area contributed by atoms with Gasteiger partial charge in [-0.25, -0.2) is 0 Å². The molecule has 1 amide bonds. The molecule has 2 N–H and O–H groups in total. The van der Waals surface area contributed by atoms with Crippen LogP contribution in [0.4, 0.5) is 11.4 Å². The second-order valence-electron chi connectivity index (χ2n) is 5.10. The van der Waals surface area contributed by atoms with Crippen LogP contribution in [0.5, 0.6) is 5.75 Å². The molecule has 0 heterocycles. The fourth-order valence-electron chi connectivity index (χ4n) is 2.15. The summed E-state index contributed by atoms with van der Waals surface area (Å²) in [6.45, 7) is 3.59. The Labute approximate surface area is 143 Å². The molecule has 2 aromatic rings. The van der Waals surface area contributed by atoms with Crippen LogP contribution in [0.1, 0.15) is 28.4 Å². The highest BCUT2D eigenvalue weighted by Crippen LogP contribution is 2.39. The van der Waals surface area contributed by atoms with Crippen LogP contribution in [0, 0.1) is 17.0 Å². The number of nitrogens with one attached hydrogen (secondary N) is 1. The van der Waals surface area contributed by atoms with Crippen LogP contribution >= 0.6 is 11.6 Å². The predicted octanol–water partition coefficient (Wildman–Crippen LogP) is 4.55. The Morgan fingerprint density at radius 2 is 1.96 bits per heavy atom. The van der Waals surface area contributed by atoms with Gasteiger partial charge >= 0.3 is 0 Å². The van der Waals surface area contributed by atoms with E-state index in [0.29, 0.717) is 5.69 Å². The van der Waals surface area contributed by atoms with Crippen molar-refractivity contribution in [3.8, 4) is 5.75 Å². The summed E-state index contributed by atoms with van der Waals surface area (Å²) in [5.74, 6) is -1.24. The molecule has 2 aromatic carbocycles. The highest BCUT2D eigenvalue weighted by atomic mass is 35.5. The van der Waals surface area contributed by atoms with Crippen LogP contribution in [0.2, 0.25) is 5.02 Å². The van der Waals surface area contributed by atoms with Gasteiger partial charge in [-0.15, -0.1) is 0 Å². The smallest absolute Gasteiger partial charge is 0.298 e. The lowest BCUT2D eigenvalue weighted by Crippen LogP contribution is -2.13. The van der Waals surface area contributed by atoms with E-state index in [0.717, 1.165) is 5.56 Å². The van der Waals surface area contributed by atoms with Gasteiger partial charge in [0, 0.05) is 5.69 Å². The maximum absolute atomic E-state index is 12.4. The number of halogens is 1. The molecule has 24 heavy (non-hydrogen) atoms. The molecular weight excluding hydrogens is 332 g/mol. The zero-order valence-corrected chi connectivity index (χ0v) is 13.8. The summed E-state index contributed by atoms with van der Waals surface area (Å²) < 4.78 is 0. The molecule has 2 rings (SSSR count). The zero-order valence-electron chi connectivity index (χ0n) is 13.0. The van der Waals surface area contributed by atoms with Gasteiger partial charge in [0.1, 0.15) is 0 Å². The van der Waals surface area contributed by atoms with Crippen molar-refractivity contribution in [3.63, 3.8) is 0 Å². The van der Waals surface area contributed by atoms with Crippen molar-refractivity contribution in [2.75, 3.05) is 5.32 Å². The molecule has 7 heteroatoms. The first-order chi connectivity index (χ1) is 11.3. The average Bonchev–Trinajstić information content (AvgIpc) is 2.52. The first kappa shape index (κ1) is 17.5. The van der Waals surface area contributed by atoms with E-state index < -0.39 is 27.3 Å². The van der Waals surface area contributed by atoms with Crippen molar-refractivity contribution in [2.45, 2.75) is 13.8 Å². The molecule has 0 atom stereocenters.